The highest BCUT2D eigenvalue weighted by atomic mass is 16.2. The number of piperidine rings is 1. The van der Waals surface area contributed by atoms with Crippen LogP contribution < -0.4 is 5.56 Å². The molecule has 2 bridgehead atoms. The smallest absolute Gasteiger partial charge is 0.282 e. The van der Waals surface area contributed by atoms with Gasteiger partial charge in [0.15, 0.2) is 5.69 Å². The summed E-state index contributed by atoms with van der Waals surface area (Å²) < 4.78 is 1.48. The van der Waals surface area contributed by atoms with Crippen molar-refractivity contribution in [3.63, 3.8) is 0 Å². The van der Waals surface area contributed by atoms with Crippen LogP contribution in [0.1, 0.15) is 42.6 Å². The van der Waals surface area contributed by atoms with Gasteiger partial charge in [-0.1, -0.05) is 18.6 Å². The van der Waals surface area contributed by atoms with Gasteiger partial charge in [0, 0.05) is 32.7 Å². The number of aryl methyl sites for hydroxylation is 1. The van der Waals surface area contributed by atoms with Crippen LogP contribution in [-0.4, -0.2) is 56.8 Å². The van der Waals surface area contributed by atoms with Crippen LogP contribution in [0.3, 0.4) is 0 Å². The molecular formula is C22H26N4O3. The third-order valence-electron chi connectivity index (χ3n) is 6.95. The van der Waals surface area contributed by atoms with Gasteiger partial charge in [0.25, 0.3) is 11.5 Å². The lowest BCUT2D eigenvalue weighted by Gasteiger charge is -2.40. The molecule has 1 aromatic heterocycles. The molecule has 2 atom stereocenters. The molecule has 0 radical (unpaired) electrons. The van der Waals surface area contributed by atoms with E-state index in [0.29, 0.717) is 30.0 Å². The molecule has 3 aliphatic heterocycles. The maximum absolute atomic E-state index is 13.3. The van der Waals surface area contributed by atoms with E-state index in [4.69, 9.17) is 0 Å². The zero-order valence-corrected chi connectivity index (χ0v) is 16.7. The minimum absolute atomic E-state index is 0.0505. The fourth-order valence-electron chi connectivity index (χ4n) is 4.97. The van der Waals surface area contributed by atoms with Crippen LogP contribution >= 0.6 is 0 Å². The van der Waals surface area contributed by atoms with Gasteiger partial charge in [-0.05, 0) is 43.7 Å². The molecule has 2 aromatic rings. The van der Waals surface area contributed by atoms with Gasteiger partial charge in [0.1, 0.15) is 0 Å². The normalized spacial score (nSPS) is 24.7. The van der Waals surface area contributed by atoms with E-state index in [-0.39, 0.29) is 35.0 Å². The first kappa shape index (κ1) is 18.3. The van der Waals surface area contributed by atoms with Gasteiger partial charge in [0.05, 0.1) is 17.0 Å². The number of fused-ring (bicyclic) bond motifs is 5. The highest BCUT2D eigenvalue weighted by Gasteiger charge is 2.43. The molecule has 0 unspecified atom stereocenters. The summed E-state index contributed by atoms with van der Waals surface area (Å²) in [5.41, 5.74) is 0.888. The van der Waals surface area contributed by atoms with Crippen molar-refractivity contribution in [2.45, 2.75) is 38.1 Å². The number of benzene rings is 1. The van der Waals surface area contributed by atoms with Gasteiger partial charge in [0.2, 0.25) is 5.91 Å². The highest BCUT2D eigenvalue weighted by Crippen LogP contribution is 2.34. The SMILES string of the molecule is Cn1c(=O)c(C(=O)N2C[C@@H]3CC[C@H](C2)N(CC2CCC2)C3=O)nc2ccccc21. The number of para-hydroxylation sites is 2. The third-order valence-corrected chi connectivity index (χ3v) is 6.95. The molecule has 7 nitrogen and oxygen atoms in total. The first-order valence-electron chi connectivity index (χ1n) is 10.6. The topological polar surface area (TPSA) is 75.5 Å². The summed E-state index contributed by atoms with van der Waals surface area (Å²) in [6, 6.07) is 7.37. The Balaban J connectivity index is 1.45. The number of hydrogen-bond donors (Lipinski definition) is 0. The lowest BCUT2D eigenvalue weighted by atomic mass is 9.83. The summed E-state index contributed by atoms with van der Waals surface area (Å²) in [5, 5.41) is 0. The number of amides is 2. The molecule has 7 heteroatoms. The van der Waals surface area contributed by atoms with E-state index in [9.17, 15) is 14.4 Å². The molecule has 2 amide bonds. The van der Waals surface area contributed by atoms with E-state index in [1.807, 2.05) is 29.2 Å². The molecule has 4 aliphatic rings. The maximum Gasteiger partial charge on any atom is 0.282 e. The molecule has 1 aromatic carbocycles. The largest absolute Gasteiger partial charge is 0.337 e. The zero-order valence-electron chi connectivity index (χ0n) is 16.7. The summed E-state index contributed by atoms with van der Waals surface area (Å²) in [6.45, 7) is 1.69. The Morgan fingerprint density at radius 3 is 2.66 bits per heavy atom. The number of nitrogens with zero attached hydrogens (tertiary/aromatic N) is 4. The second-order valence-electron chi connectivity index (χ2n) is 8.74. The van der Waals surface area contributed by atoms with E-state index in [1.165, 1.54) is 23.8 Å². The van der Waals surface area contributed by atoms with Crippen LogP contribution in [0.2, 0.25) is 0 Å². The fourth-order valence-corrected chi connectivity index (χ4v) is 4.97. The van der Waals surface area contributed by atoms with Crippen molar-refractivity contribution in [3.05, 3.63) is 40.3 Å². The Morgan fingerprint density at radius 1 is 1.10 bits per heavy atom. The summed E-state index contributed by atoms with van der Waals surface area (Å²) in [4.78, 5) is 47.2. The van der Waals surface area contributed by atoms with Gasteiger partial charge in [-0.15, -0.1) is 0 Å². The van der Waals surface area contributed by atoms with E-state index in [1.54, 1.807) is 11.9 Å². The van der Waals surface area contributed by atoms with Crippen LogP contribution in [0.25, 0.3) is 11.0 Å². The summed E-state index contributed by atoms with van der Waals surface area (Å²) >= 11 is 0. The Kier molecular flexibility index (Phi) is 4.41. The van der Waals surface area contributed by atoms with Crippen molar-refractivity contribution in [2.24, 2.45) is 18.9 Å². The Bertz CT molecular complexity index is 1040. The Hall–Kier alpha value is -2.70. The third kappa shape index (κ3) is 3.03. The number of rotatable bonds is 3. The summed E-state index contributed by atoms with van der Waals surface area (Å²) in [7, 11) is 1.67. The molecular weight excluding hydrogens is 368 g/mol. The Morgan fingerprint density at radius 2 is 1.90 bits per heavy atom. The van der Waals surface area contributed by atoms with Gasteiger partial charge in [-0.2, -0.15) is 0 Å². The van der Waals surface area contributed by atoms with Crippen LogP contribution in [0.4, 0.5) is 0 Å². The Labute approximate surface area is 169 Å². The quantitative estimate of drug-likeness (QED) is 0.796. The summed E-state index contributed by atoms with van der Waals surface area (Å²) in [6.07, 6.45) is 5.39. The zero-order chi connectivity index (χ0) is 20.1. The average Bonchev–Trinajstić information content (AvgIpc) is 2.98. The molecule has 1 saturated carbocycles. The van der Waals surface area contributed by atoms with Crippen molar-refractivity contribution in [2.75, 3.05) is 19.6 Å². The predicted molar refractivity (Wildman–Crippen MR) is 108 cm³/mol. The van der Waals surface area contributed by atoms with E-state index in [2.05, 4.69) is 4.98 Å². The molecule has 152 valence electrons. The van der Waals surface area contributed by atoms with Gasteiger partial charge in [-0.25, -0.2) is 4.98 Å². The van der Waals surface area contributed by atoms with Crippen LogP contribution in [0.15, 0.2) is 29.1 Å². The molecule has 0 spiro atoms. The van der Waals surface area contributed by atoms with E-state index >= 15 is 0 Å². The van der Waals surface area contributed by atoms with Crippen molar-refractivity contribution in [1.29, 1.82) is 0 Å². The second kappa shape index (κ2) is 6.97. The average molecular weight is 394 g/mol. The minimum Gasteiger partial charge on any atom is -0.337 e. The van der Waals surface area contributed by atoms with Gasteiger partial charge >= 0.3 is 0 Å². The van der Waals surface area contributed by atoms with Gasteiger partial charge in [-0.3, -0.25) is 14.4 Å². The second-order valence-corrected chi connectivity index (χ2v) is 8.74. The van der Waals surface area contributed by atoms with Crippen molar-refractivity contribution in [1.82, 2.24) is 19.4 Å². The van der Waals surface area contributed by atoms with Crippen LogP contribution in [-0.2, 0) is 11.8 Å². The monoisotopic (exact) mass is 394 g/mol. The van der Waals surface area contributed by atoms with E-state index < -0.39 is 0 Å². The summed E-state index contributed by atoms with van der Waals surface area (Å²) in [5.74, 6) is 0.272. The molecule has 6 rings (SSSR count). The predicted octanol–water partition coefficient (Wildman–Crippen LogP) is 1.80. The van der Waals surface area contributed by atoms with Crippen molar-refractivity contribution < 1.29 is 9.59 Å². The fraction of sp³-hybridized carbons (Fsp3) is 0.545. The number of carbonyl (C=O) groups is 2. The molecule has 29 heavy (non-hydrogen) atoms. The van der Waals surface area contributed by atoms with Gasteiger partial charge < -0.3 is 14.4 Å². The molecule has 3 saturated heterocycles. The first-order chi connectivity index (χ1) is 14.0. The highest BCUT2D eigenvalue weighted by molar-refractivity contribution is 5.94. The number of carbonyl (C=O) groups excluding carboxylic acids is 2. The maximum atomic E-state index is 13.3. The lowest BCUT2D eigenvalue weighted by Crippen LogP contribution is -2.50. The van der Waals surface area contributed by atoms with Crippen LogP contribution in [0.5, 0.6) is 0 Å². The number of hydrogen-bond acceptors (Lipinski definition) is 4. The van der Waals surface area contributed by atoms with E-state index in [0.717, 1.165) is 19.4 Å². The standard InChI is InChI=1S/C22H26N4O3/c1-24-18-8-3-2-7-17(18)23-19(21(24)28)22(29)25-12-15-9-10-16(13-25)26(20(15)27)11-14-5-4-6-14/h2-3,7-8,14-16H,4-6,9-13H2,1H3/t15-,16+/m0/s1. The van der Waals surface area contributed by atoms with Crippen molar-refractivity contribution >= 4 is 22.8 Å². The molecule has 4 heterocycles. The van der Waals surface area contributed by atoms with Crippen LogP contribution in [0, 0.1) is 11.8 Å². The molecule has 0 N–H and O–H groups in total. The number of aromatic nitrogens is 2. The van der Waals surface area contributed by atoms with Crippen molar-refractivity contribution in [3.8, 4) is 0 Å². The minimum atomic E-state index is -0.386. The first-order valence-corrected chi connectivity index (χ1v) is 10.6. The molecule has 4 fully saturated rings. The molecule has 1 aliphatic carbocycles. The lowest BCUT2D eigenvalue weighted by molar-refractivity contribution is -0.141.